The molecule has 0 aliphatic rings. The highest BCUT2D eigenvalue weighted by Gasteiger charge is 2.63. The van der Waals surface area contributed by atoms with E-state index < -0.39 is 47.1 Å². The Labute approximate surface area is 167 Å². The molecule has 162 valence electrons. The van der Waals surface area contributed by atoms with E-state index in [4.69, 9.17) is 0 Å². The molecule has 10 heteroatoms. The summed E-state index contributed by atoms with van der Waals surface area (Å²) in [5.41, 5.74) is -0.0927. The van der Waals surface area contributed by atoms with Crippen molar-refractivity contribution in [3.8, 4) is 0 Å². The van der Waals surface area contributed by atoms with Crippen LogP contribution in [0.2, 0.25) is 0 Å². The molecule has 0 radical (unpaired) electrons. The maximum absolute atomic E-state index is 14.6. The molecule has 2 aromatic carbocycles. The van der Waals surface area contributed by atoms with Crippen molar-refractivity contribution in [3.63, 3.8) is 0 Å². The predicted octanol–water partition coefficient (Wildman–Crippen LogP) is 2.50. The van der Waals surface area contributed by atoms with Gasteiger partial charge in [0.15, 0.2) is 23.8 Å². The smallest absolute Gasteiger partial charge is 0.302 e. The maximum atomic E-state index is 14.6. The molecule has 2 aromatic rings. The number of aliphatic hydroxyl groups is 6. The quantitative estimate of drug-likeness (QED) is 0.297. The fourth-order valence-corrected chi connectivity index (χ4v) is 2.43. The van der Waals surface area contributed by atoms with Crippen LogP contribution in [0.15, 0.2) is 60.0 Å². The third-order valence-electron chi connectivity index (χ3n) is 4.15. The number of aliphatic hydroxyl groups excluding tert-OH is 4. The van der Waals surface area contributed by atoms with Crippen LogP contribution < -0.4 is 0 Å². The highest BCUT2D eigenvalue weighted by molar-refractivity contribution is 5.53. The summed E-state index contributed by atoms with van der Waals surface area (Å²) in [6, 6.07) is 9.55. The van der Waals surface area contributed by atoms with E-state index in [0.29, 0.717) is 18.2 Å². The molecular formula is C20H18F4O6. The Balaban J connectivity index is 2.30. The number of hydrogen-bond donors (Lipinski definition) is 6. The zero-order chi connectivity index (χ0) is 22.7. The minimum absolute atomic E-state index is 0.217. The summed E-state index contributed by atoms with van der Waals surface area (Å²) < 4.78 is 55.2. The van der Waals surface area contributed by atoms with Gasteiger partial charge in [-0.1, -0.05) is 36.4 Å². The molecule has 0 amide bonds. The first-order chi connectivity index (χ1) is 13.9. The molecule has 0 heterocycles. The van der Waals surface area contributed by atoms with Gasteiger partial charge in [-0.25, -0.2) is 17.6 Å². The third kappa shape index (κ3) is 4.79. The van der Waals surface area contributed by atoms with Crippen LogP contribution in [0.1, 0.15) is 11.1 Å². The largest absolute Gasteiger partial charge is 0.509 e. The first-order valence-electron chi connectivity index (χ1n) is 8.37. The SMILES string of the molecule is OC(=Cc1ccccc1)[C@@H](O)[C@](O)(F)[C@@](O)(F)[C@@H](O)C(O)=Cc1ccc(F)c(F)c1. The second-order valence-electron chi connectivity index (χ2n) is 6.37. The van der Waals surface area contributed by atoms with Crippen LogP contribution in [0, 0.1) is 11.6 Å². The van der Waals surface area contributed by atoms with E-state index in [2.05, 4.69) is 0 Å². The molecule has 0 unspecified atom stereocenters. The van der Waals surface area contributed by atoms with Crippen LogP contribution in [0.4, 0.5) is 17.6 Å². The van der Waals surface area contributed by atoms with Crippen molar-refractivity contribution < 1.29 is 48.2 Å². The van der Waals surface area contributed by atoms with Gasteiger partial charge in [-0.15, -0.1) is 0 Å². The van der Waals surface area contributed by atoms with Crippen LogP contribution in [0.25, 0.3) is 12.2 Å². The molecule has 0 aliphatic heterocycles. The van der Waals surface area contributed by atoms with Crippen LogP contribution in [0.5, 0.6) is 0 Å². The van der Waals surface area contributed by atoms with Gasteiger partial charge in [0, 0.05) is 0 Å². The van der Waals surface area contributed by atoms with Crippen molar-refractivity contribution in [2.45, 2.75) is 23.9 Å². The molecule has 0 spiro atoms. The van der Waals surface area contributed by atoms with Gasteiger partial charge >= 0.3 is 11.7 Å². The highest BCUT2D eigenvalue weighted by Crippen LogP contribution is 2.37. The van der Waals surface area contributed by atoms with E-state index in [9.17, 15) is 48.2 Å². The number of halogens is 4. The zero-order valence-corrected chi connectivity index (χ0v) is 15.1. The zero-order valence-electron chi connectivity index (χ0n) is 15.1. The molecular weight excluding hydrogens is 412 g/mol. The Morgan fingerprint density at radius 3 is 1.67 bits per heavy atom. The summed E-state index contributed by atoms with van der Waals surface area (Å²) in [5, 5.41) is 58.4. The van der Waals surface area contributed by atoms with Gasteiger partial charge in [-0.3, -0.25) is 0 Å². The maximum Gasteiger partial charge on any atom is 0.302 e. The first-order valence-corrected chi connectivity index (χ1v) is 8.37. The van der Waals surface area contributed by atoms with Crippen molar-refractivity contribution in [2.24, 2.45) is 0 Å². The molecule has 0 fully saturated rings. The lowest BCUT2D eigenvalue weighted by atomic mass is 9.94. The summed E-state index contributed by atoms with van der Waals surface area (Å²) >= 11 is 0. The summed E-state index contributed by atoms with van der Waals surface area (Å²) in [6.45, 7) is 0. The molecule has 0 bridgehead atoms. The van der Waals surface area contributed by atoms with Gasteiger partial charge in [0.25, 0.3) is 0 Å². The Bertz CT molecular complexity index is 944. The lowest BCUT2D eigenvalue weighted by molar-refractivity contribution is -0.344. The minimum Gasteiger partial charge on any atom is -0.509 e. The number of rotatable bonds is 7. The highest BCUT2D eigenvalue weighted by atomic mass is 19.2. The summed E-state index contributed by atoms with van der Waals surface area (Å²) in [5.74, 6) is -14.9. The molecule has 0 aromatic heterocycles. The van der Waals surface area contributed by atoms with Gasteiger partial charge in [0.1, 0.15) is 11.5 Å². The number of benzene rings is 2. The van der Waals surface area contributed by atoms with Crippen molar-refractivity contribution in [2.75, 3.05) is 0 Å². The van der Waals surface area contributed by atoms with Crippen molar-refractivity contribution in [1.29, 1.82) is 0 Å². The van der Waals surface area contributed by atoms with Crippen molar-refractivity contribution >= 4 is 12.2 Å². The van der Waals surface area contributed by atoms with Gasteiger partial charge < -0.3 is 30.6 Å². The second-order valence-corrected chi connectivity index (χ2v) is 6.37. The van der Waals surface area contributed by atoms with Crippen LogP contribution >= 0.6 is 0 Å². The summed E-state index contributed by atoms with van der Waals surface area (Å²) in [7, 11) is 0. The lowest BCUT2D eigenvalue weighted by Gasteiger charge is -2.36. The molecule has 6 nitrogen and oxygen atoms in total. The second kappa shape index (κ2) is 8.84. The molecule has 30 heavy (non-hydrogen) atoms. The normalized spacial score (nSPS) is 18.9. The average Bonchev–Trinajstić information content (AvgIpc) is 2.70. The van der Waals surface area contributed by atoms with Gasteiger partial charge in [-0.2, -0.15) is 0 Å². The molecule has 4 atom stereocenters. The third-order valence-corrected chi connectivity index (χ3v) is 4.15. The van der Waals surface area contributed by atoms with Crippen LogP contribution in [-0.2, 0) is 0 Å². The summed E-state index contributed by atoms with van der Waals surface area (Å²) in [4.78, 5) is 0. The van der Waals surface area contributed by atoms with E-state index in [1.54, 1.807) is 6.07 Å². The lowest BCUT2D eigenvalue weighted by Crippen LogP contribution is -2.62. The van der Waals surface area contributed by atoms with E-state index in [-0.39, 0.29) is 11.1 Å². The van der Waals surface area contributed by atoms with Crippen LogP contribution in [-0.4, -0.2) is 54.6 Å². The average molecular weight is 430 g/mol. The van der Waals surface area contributed by atoms with Crippen LogP contribution in [0.3, 0.4) is 0 Å². The number of alkyl halides is 2. The summed E-state index contributed by atoms with van der Waals surface area (Å²) in [6.07, 6.45) is -5.06. The topological polar surface area (TPSA) is 121 Å². The molecule has 0 aliphatic carbocycles. The van der Waals surface area contributed by atoms with E-state index >= 15 is 0 Å². The Morgan fingerprint density at radius 1 is 0.733 bits per heavy atom. The monoisotopic (exact) mass is 430 g/mol. The fraction of sp³-hybridized carbons (Fsp3) is 0.200. The molecule has 6 N–H and O–H groups in total. The van der Waals surface area contributed by atoms with E-state index in [1.165, 1.54) is 24.3 Å². The minimum atomic E-state index is -4.75. The standard InChI is InChI=1S/C20H18F4O6/c21-13-7-6-12(8-14(13)22)10-16(26)18(28)20(24,30)19(23,29)17(27)15(25)9-11-4-2-1-3-5-11/h1-10,17-18,25-30H/t17-,18+,19-,20-/m1/s1. The van der Waals surface area contributed by atoms with Gasteiger partial charge in [0.05, 0.1) is 0 Å². The van der Waals surface area contributed by atoms with E-state index in [0.717, 1.165) is 12.1 Å². The first kappa shape index (κ1) is 23.4. The fourth-order valence-electron chi connectivity index (χ4n) is 2.43. The van der Waals surface area contributed by atoms with Crippen molar-refractivity contribution in [3.05, 3.63) is 82.8 Å². The Kier molecular flexibility index (Phi) is 6.88. The van der Waals surface area contributed by atoms with E-state index in [1.807, 2.05) is 0 Å². The Morgan fingerprint density at radius 2 is 1.20 bits per heavy atom. The van der Waals surface area contributed by atoms with Gasteiger partial charge in [0.2, 0.25) is 0 Å². The molecule has 0 saturated heterocycles. The Hall–Kier alpha value is -2.92. The molecule has 0 saturated carbocycles. The number of hydrogen-bond acceptors (Lipinski definition) is 6. The van der Waals surface area contributed by atoms with Crippen molar-refractivity contribution in [1.82, 2.24) is 0 Å². The predicted molar refractivity (Wildman–Crippen MR) is 98.1 cm³/mol. The molecule has 2 rings (SSSR count). The van der Waals surface area contributed by atoms with Gasteiger partial charge in [-0.05, 0) is 35.4 Å².